The molecule has 7 heteroatoms. The molecule has 0 saturated carbocycles. The van der Waals surface area contributed by atoms with E-state index in [0.717, 1.165) is 28.1 Å². The number of fused-ring (bicyclic) bond motifs is 1. The molecule has 0 aromatic carbocycles. The monoisotopic (exact) mass is 315 g/mol. The molecular weight excluding hydrogens is 298 g/mol. The first-order chi connectivity index (χ1) is 10.5. The van der Waals surface area contributed by atoms with E-state index in [-0.39, 0.29) is 5.91 Å². The quantitative estimate of drug-likeness (QED) is 0.806. The predicted molar refractivity (Wildman–Crippen MR) is 87.5 cm³/mol. The van der Waals surface area contributed by atoms with E-state index in [1.807, 2.05) is 37.8 Å². The van der Waals surface area contributed by atoms with Crippen LogP contribution >= 0.6 is 11.3 Å². The molecule has 3 aromatic heterocycles. The fourth-order valence-corrected chi connectivity index (χ4v) is 3.14. The molecule has 0 bridgehead atoms. The molecular formula is C15H17N5OS. The lowest BCUT2D eigenvalue weighted by Crippen LogP contribution is -2.13. The van der Waals surface area contributed by atoms with Crippen LogP contribution < -0.4 is 5.32 Å². The van der Waals surface area contributed by atoms with Gasteiger partial charge < -0.3 is 0 Å². The van der Waals surface area contributed by atoms with Crippen molar-refractivity contribution in [2.24, 2.45) is 0 Å². The zero-order valence-corrected chi connectivity index (χ0v) is 13.8. The minimum absolute atomic E-state index is 0.177. The standard InChI is InChI=1S/C15H17N5OS/c1-5-20-13-12(10(4)19-20)11(6-8(2)16-13)14(21)18-15-17-9(3)7-22-15/h6-7H,5H2,1-4H3,(H,17,18,21). The summed E-state index contributed by atoms with van der Waals surface area (Å²) in [5.41, 5.74) is 3.84. The Morgan fingerprint density at radius 2 is 2.05 bits per heavy atom. The summed E-state index contributed by atoms with van der Waals surface area (Å²) in [6.45, 7) is 8.40. The molecule has 1 amide bonds. The molecule has 0 aliphatic heterocycles. The molecule has 3 heterocycles. The van der Waals surface area contributed by atoms with Crippen molar-refractivity contribution in [3.05, 3.63) is 34.1 Å². The van der Waals surface area contributed by atoms with Crippen LogP contribution in [0, 0.1) is 20.8 Å². The summed E-state index contributed by atoms with van der Waals surface area (Å²) in [7, 11) is 0. The summed E-state index contributed by atoms with van der Waals surface area (Å²) >= 11 is 1.42. The van der Waals surface area contributed by atoms with Crippen molar-refractivity contribution in [1.82, 2.24) is 19.7 Å². The smallest absolute Gasteiger partial charge is 0.258 e. The van der Waals surface area contributed by atoms with Gasteiger partial charge in [-0.2, -0.15) is 5.10 Å². The van der Waals surface area contributed by atoms with Crippen molar-refractivity contribution in [2.75, 3.05) is 5.32 Å². The molecule has 22 heavy (non-hydrogen) atoms. The van der Waals surface area contributed by atoms with Gasteiger partial charge in [-0.1, -0.05) is 0 Å². The van der Waals surface area contributed by atoms with Gasteiger partial charge in [-0.15, -0.1) is 11.3 Å². The molecule has 6 nitrogen and oxygen atoms in total. The van der Waals surface area contributed by atoms with Crippen LogP contribution in [0.25, 0.3) is 11.0 Å². The van der Waals surface area contributed by atoms with Gasteiger partial charge in [0.25, 0.3) is 5.91 Å². The predicted octanol–water partition coefficient (Wildman–Crippen LogP) is 3.09. The van der Waals surface area contributed by atoms with Crippen LogP contribution in [0.3, 0.4) is 0 Å². The fraction of sp³-hybridized carbons (Fsp3) is 0.333. The van der Waals surface area contributed by atoms with Gasteiger partial charge in [0.1, 0.15) is 0 Å². The number of carbonyl (C=O) groups excluding carboxylic acids is 1. The molecule has 0 saturated heterocycles. The third kappa shape index (κ3) is 2.48. The number of carbonyl (C=O) groups is 1. The molecule has 1 N–H and O–H groups in total. The molecule has 0 aliphatic carbocycles. The number of aromatic nitrogens is 4. The Labute approximate surface area is 132 Å². The summed E-state index contributed by atoms with van der Waals surface area (Å²) in [6, 6.07) is 1.80. The Morgan fingerprint density at radius 1 is 1.27 bits per heavy atom. The topological polar surface area (TPSA) is 72.7 Å². The van der Waals surface area contributed by atoms with E-state index in [1.54, 1.807) is 6.07 Å². The largest absolute Gasteiger partial charge is 0.298 e. The second-order valence-electron chi connectivity index (χ2n) is 5.16. The number of anilines is 1. The van der Waals surface area contributed by atoms with Crippen molar-refractivity contribution in [1.29, 1.82) is 0 Å². The van der Waals surface area contributed by atoms with E-state index in [1.165, 1.54) is 11.3 Å². The van der Waals surface area contributed by atoms with E-state index in [0.29, 0.717) is 17.2 Å². The van der Waals surface area contributed by atoms with Crippen LogP contribution in [0.4, 0.5) is 5.13 Å². The summed E-state index contributed by atoms with van der Waals surface area (Å²) in [6.07, 6.45) is 0. The third-order valence-corrected chi connectivity index (χ3v) is 4.26. The molecule has 0 aliphatic rings. The normalized spacial score (nSPS) is 11.1. The van der Waals surface area contributed by atoms with Crippen molar-refractivity contribution in [3.8, 4) is 0 Å². The van der Waals surface area contributed by atoms with Gasteiger partial charge in [0.15, 0.2) is 10.8 Å². The number of thiazole rings is 1. The van der Waals surface area contributed by atoms with Crippen LogP contribution in [0.5, 0.6) is 0 Å². The van der Waals surface area contributed by atoms with E-state index in [4.69, 9.17) is 0 Å². The van der Waals surface area contributed by atoms with Crippen molar-refractivity contribution in [2.45, 2.75) is 34.2 Å². The highest BCUT2D eigenvalue weighted by molar-refractivity contribution is 7.13. The zero-order valence-electron chi connectivity index (χ0n) is 13.0. The minimum Gasteiger partial charge on any atom is -0.298 e. The third-order valence-electron chi connectivity index (χ3n) is 3.39. The number of nitrogens with one attached hydrogen (secondary N) is 1. The van der Waals surface area contributed by atoms with Crippen LogP contribution in [-0.4, -0.2) is 25.7 Å². The number of rotatable bonds is 3. The fourth-order valence-electron chi connectivity index (χ4n) is 2.45. The number of hydrogen-bond donors (Lipinski definition) is 1. The first-order valence-electron chi connectivity index (χ1n) is 7.07. The van der Waals surface area contributed by atoms with Crippen molar-refractivity contribution >= 4 is 33.4 Å². The average Bonchev–Trinajstić information content (AvgIpc) is 3.01. The number of nitrogens with zero attached hydrogens (tertiary/aromatic N) is 4. The number of hydrogen-bond acceptors (Lipinski definition) is 5. The summed E-state index contributed by atoms with van der Waals surface area (Å²) in [4.78, 5) is 21.4. The number of amides is 1. The Kier molecular flexibility index (Phi) is 3.66. The maximum absolute atomic E-state index is 12.6. The summed E-state index contributed by atoms with van der Waals surface area (Å²) < 4.78 is 1.82. The van der Waals surface area contributed by atoms with Crippen LogP contribution in [0.1, 0.15) is 34.4 Å². The maximum Gasteiger partial charge on any atom is 0.258 e. The van der Waals surface area contributed by atoms with Gasteiger partial charge in [-0.05, 0) is 33.8 Å². The highest BCUT2D eigenvalue weighted by Crippen LogP contribution is 2.24. The lowest BCUT2D eigenvalue weighted by atomic mass is 10.1. The van der Waals surface area contributed by atoms with Gasteiger partial charge in [0, 0.05) is 17.6 Å². The summed E-state index contributed by atoms with van der Waals surface area (Å²) in [5, 5.41) is 10.6. The number of pyridine rings is 1. The molecule has 0 atom stereocenters. The molecule has 0 radical (unpaired) electrons. The van der Waals surface area contributed by atoms with Crippen LogP contribution in [0.15, 0.2) is 11.4 Å². The van der Waals surface area contributed by atoms with Gasteiger partial charge in [0.2, 0.25) is 0 Å². The van der Waals surface area contributed by atoms with Gasteiger partial charge in [-0.25, -0.2) is 14.6 Å². The first kappa shape index (κ1) is 14.6. The first-order valence-corrected chi connectivity index (χ1v) is 7.95. The lowest BCUT2D eigenvalue weighted by Gasteiger charge is -2.06. The lowest BCUT2D eigenvalue weighted by molar-refractivity contribution is 0.102. The van der Waals surface area contributed by atoms with E-state index in [2.05, 4.69) is 20.4 Å². The molecule has 3 aromatic rings. The molecule has 0 spiro atoms. The van der Waals surface area contributed by atoms with Gasteiger partial charge >= 0.3 is 0 Å². The Morgan fingerprint density at radius 3 is 2.68 bits per heavy atom. The SMILES string of the molecule is CCn1nc(C)c2c(C(=O)Nc3nc(C)cs3)cc(C)nc21. The summed E-state index contributed by atoms with van der Waals surface area (Å²) in [5.74, 6) is -0.177. The van der Waals surface area contributed by atoms with E-state index < -0.39 is 0 Å². The minimum atomic E-state index is -0.177. The highest BCUT2D eigenvalue weighted by Gasteiger charge is 2.19. The number of aryl methyl sites for hydroxylation is 4. The van der Waals surface area contributed by atoms with Gasteiger partial charge in [0.05, 0.1) is 22.3 Å². The van der Waals surface area contributed by atoms with Crippen LogP contribution in [-0.2, 0) is 6.54 Å². The van der Waals surface area contributed by atoms with E-state index >= 15 is 0 Å². The molecule has 3 rings (SSSR count). The average molecular weight is 315 g/mol. The second kappa shape index (κ2) is 5.49. The Balaban J connectivity index is 2.09. The zero-order chi connectivity index (χ0) is 15.9. The Hall–Kier alpha value is -2.28. The molecule has 114 valence electrons. The maximum atomic E-state index is 12.6. The van der Waals surface area contributed by atoms with Crippen LogP contribution in [0.2, 0.25) is 0 Å². The Bertz CT molecular complexity index is 864. The van der Waals surface area contributed by atoms with Crippen molar-refractivity contribution < 1.29 is 4.79 Å². The van der Waals surface area contributed by atoms with E-state index in [9.17, 15) is 4.79 Å². The second-order valence-corrected chi connectivity index (χ2v) is 6.02. The highest BCUT2D eigenvalue weighted by atomic mass is 32.1. The molecule has 0 fully saturated rings. The van der Waals surface area contributed by atoms with Crippen molar-refractivity contribution in [3.63, 3.8) is 0 Å². The van der Waals surface area contributed by atoms with Gasteiger partial charge in [-0.3, -0.25) is 10.1 Å². The molecule has 0 unspecified atom stereocenters.